The number of carbonyl (C=O) groups is 1. The first-order chi connectivity index (χ1) is 16.1. The Labute approximate surface area is 194 Å². The fraction of sp³-hybridized carbons (Fsp3) is 0.286. The smallest absolute Gasteiger partial charge is 0.227 e. The molecule has 5 rings (SSSR count). The van der Waals surface area contributed by atoms with Crippen molar-refractivity contribution in [1.82, 2.24) is 9.55 Å². The Bertz CT molecular complexity index is 1280. The lowest BCUT2D eigenvalue weighted by Gasteiger charge is -2.18. The summed E-state index contributed by atoms with van der Waals surface area (Å²) in [7, 11) is 0. The van der Waals surface area contributed by atoms with E-state index in [1.807, 2.05) is 47.4 Å². The molecule has 1 amide bonds. The van der Waals surface area contributed by atoms with Crippen molar-refractivity contribution in [2.75, 3.05) is 18.1 Å². The third kappa shape index (κ3) is 4.49. The Morgan fingerprint density at radius 1 is 0.970 bits per heavy atom. The van der Waals surface area contributed by atoms with Gasteiger partial charge in [-0.3, -0.25) is 4.79 Å². The topological polar surface area (TPSA) is 47.4 Å². The fourth-order valence-electron chi connectivity index (χ4n) is 4.61. The van der Waals surface area contributed by atoms with Crippen LogP contribution in [0, 0.1) is 13.8 Å². The summed E-state index contributed by atoms with van der Waals surface area (Å²) < 4.78 is 8.23. The third-order valence-corrected chi connectivity index (χ3v) is 6.30. The first kappa shape index (κ1) is 21.3. The van der Waals surface area contributed by atoms with Gasteiger partial charge in [-0.25, -0.2) is 4.98 Å². The zero-order valence-electron chi connectivity index (χ0n) is 19.2. The zero-order valence-corrected chi connectivity index (χ0v) is 19.2. The second-order valence-corrected chi connectivity index (χ2v) is 8.87. The van der Waals surface area contributed by atoms with Crippen LogP contribution in [-0.2, 0) is 11.3 Å². The molecule has 1 fully saturated rings. The molecule has 5 heteroatoms. The van der Waals surface area contributed by atoms with Crippen LogP contribution < -0.4 is 9.64 Å². The summed E-state index contributed by atoms with van der Waals surface area (Å²) in [4.78, 5) is 19.8. The van der Waals surface area contributed by atoms with Crippen molar-refractivity contribution in [2.45, 2.75) is 39.2 Å². The minimum atomic E-state index is 0.0726. The van der Waals surface area contributed by atoms with Crippen LogP contribution in [0.15, 0.2) is 72.8 Å². The largest absolute Gasteiger partial charge is 0.494 e. The number of hydrogen-bond donors (Lipinski definition) is 0. The standard InChI is InChI=1S/C28H29N3O2/c1-20-11-13-24(14-12-20)33-16-6-15-30-26-10-4-3-9-25(26)29-28(30)22-18-27(32)31(19-22)23-8-5-7-21(2)17-23/h3-5,7-14,17,22H,6,15-16,18-19H2,1-2H3/t22-/m1/s1. The molecule has 4 aromatic rings. The van der Waals surface area contributed by atoms with E-state index in [-0.39, 0.29) is 11.8 Å². The molecule has 3 aromatic carbocycles. The van der Waals surface area contributed by atoms with E-state index in [1.165, 1.54) is 5.56 Å². The van der Waals surface area contributed by atoms with Crippen LogP contribution in [0.3, 0.4) is 0 Å². The number of aryl methyl sites for hydroxylation is 3. The molecule has 2 heterocycles. The molecule has 0 bridgehead atoms. The van der Waals surface area contributed by atoms with Gasteiger partial charge in [-0.15, -0.1) is 0 Å². The number of benzene rings is 3. The van der Waals surface area contributed by atoms with Gasteiger partial charge in [0.1, 0.15) is 11.6 Å². The molecule has 1 aliphatic heterocycles. The number of para-hydroxylation sites is 2. The van der Waals surface area contributed by atoms with Crippen molar-refractivity contribution in [3.05, 3.63) is 89.7 Å². The highest BCUT2D eigenvalue weighted by Gasteiger charge is 2.34. The lowest BCUT2D eigenvalue weighted by Crippen LogP contribution is -2.24. The van der Waals surface area contributed by atoms with E-state index >= 15 is 0 Å². The predicted octanol–water partition coefficient (Wildman–Crippen LogP) is 5.64. The van der Waals surface area contributed by atoms with E-state index in [1.54, 1.807) is 0 Å². The predicted molar refractivity (Wildman–Crippen MR) is 132 cm³/mol. The van der Waals surface area contributed by atoms with Crippen molar-refractivity contribution < 1.29 is 9.53 Å². The molecule has 0 aliphatic carbocycles. The summed E-state index contributed by atoms with van der Waals surface area (Å²) in [6.07, 6.45) is 1.35. The SMILES string of the molecule is Cc1ccc(OCCCn2c([C@@H]3CC(=O)N(c4cccc(C)c4)C3)nc3ccccc32)cc1. The Morgan fingerprint density at radius 2 is 1.79 bits per heavy atom. The molecule has 0 saturated carbocycles. The number of rotatable bonds is 7. The van der Waals surface area contributed by atoms with Gasteiger partial charge in [0.25, 0.3) is 0 Å². The molecular weight excluding hydrogens is 410 g/mol. The maximum atomic E-state index is 12.9. The van der Waals surface area contributed by atoms with Gasteiger partial charge in [-0.1, -0.05) is 42.0 Å². The number of fused-ring (bicyclic) bond motifs is 1. The van der Waals surface area contributed by atoms with Crippen LogP contribution in [0.25, 0.3) is 11.0 Å². The van der Waals surface area contributed by atoms with Crippen molar-refractivity contribution >= 4 is 22.6 Å². The van der Waals surface area contributed by atoms with E-state index in [0.717, 1.165) is 46.8 Å². The van der Waals surface area contributed by atoms with Crippen LogP contribution in [0.5, 0.6) is 5.75 Å². The van der Waals surface area contributed by atoms with E-state index in [4.69, 9.17) is 9.72 Å². The average Bonchev–Trinajstić information content (AvgIpc) is 3.38. The molecule has 1 aliphatic rings. The zero-order chi connectivity index (χ0) is 22.8. The Hall–Kier alpha value is -3.60. The van der Waals surface area contributed by atoms with Crippen molar-refractivity contribution in [1.29, 1.82) is 0 Å². The number of amides is 1. The molecule has 1 aromatic heterocycles. The lowest BCUT2D eigenvalue weighted by molar-refractivity contribution is -0.117. The summed E-state index contributed by atoms with van der Waals surface area (Å²) >= 11 is 0. The van der Waals surface area contributed by atoms with Crippen LogP contribution in [0.1, 0.15) is 35.7 Å². The van der Waals surface area contributed by atoms with Crippen LogP contribution in [0.4, 0.5) is 5.69 Å². The first-order valence-corrected chi connectivity index (χ1v) is 11.6. The monoisotopic (exact) mass is 439 g/mol. The van der Waals surface area contributed by atoms with E-state index in [9.17, 15) is 4.79 Å². The molecular formula is C28H29N3O2. The number of aromatic nitrogens is 2. The highest BCUT2D eigenvalue weighted by atomic mass is 16.5. The maximum absolute atomic E-state index is 12.9. The van der Waals surface area contributed by atoms with Crippen molar-refractivity contribution in [2.24, 2.45) is 0 Å². The quantitative estimate of drug-likeness (QED) is 0.350. The Morgan fingerprint density at radius 3 is 2.61 bits per heavy atom. The van der Waals surface area contributed by atoms with Gasteiger partial charge in [0.2, 0.25) is 5.91 Å². The molecule has 33 heavy (non-hydrogen) atoms. The third-order valence-electron chi connectivity index (χ3n) is 6.30. The van der Waals surface area contributed by atoms with Crippen LogP contribution in [-0.4, -0.2) is 28.6 Å². The second-order valence-electron chi connectivity index (χ2n) is 8.87. The molecule has 5 nitrogen and oxygen atoms in total. The van der Waals surface area contributed by atoms with E-state index in [2.05, 4.69) is 48.7 Å². The molecule has 1 atom stereocenters. The Kier molecular flexibility index (Phi) is 5.86. The van der Waals surface area contributed by atoms with E-state index < -0.39 is 0 Å². The number of imidazole rings is 1. The number of ether oxygens (including phenoxy) is 1. The van der Waals surface area contributed by atoms with Crippen molar-refractivity contribution in [3.63, 3.8) is 0 Å². The summed E-state index contributed by atoms with van der Waals surface area (Å²) in [5, 5.41) is 0. The molecule has 0 N–H and O–H groups in total. The lowest BCUT2D eigenvalue weighted by atomic mass is 10.1. The van der Waals surface area contributed by atoms with Gasteiger partial charge >= 0.3 is 0 Å². The fourth-order valence-corrected chi connectivity index (χ4v) is 4.61. The highest BCUT2D eigenvalue weighted by Crippen LogP contribution is 2.33. The summed E-state index contributed by atoms with van der Waals surface area (Å²) in [5.41, 5.74) is 5.45. The van der Waals surface area contributed by atoms with Gasteiger partial charge in [-0.05, 0) is 62.2 Å². The summed E-state index contributed by atoms with van der Waals surface area (Å²) in [6.45, 7) is 6.22. The summed E-state index contributed by atoms with van der Waals surface area (Å²) in [5.74, 6) is 2.12. The molecule has 0 spiro atoms. The highest BCUT2D eigenvalue weighted by molar-refractivity contribution is 5.96. The van der Waals surface area contributed by atoms with Gasteiger partial charge in [0.15, 0.2) is 0 Å². The minimum absolute atomic E-state index is 0.0726. The molecule has 168 valence electrons. The molecule has 1 saturated heterocycles. The maximum Gasteiger partial charge on any atom is 0.227 e. The second kappa shape index (κ2) is 9.10. The normalized spacial score (nSPS) is 16.0. The van der Waals surface area contributed by atoms with Gasteiger partial charge in [0.05, 0.1) is 17.6 Å². The number of nitrogens with zero attached hydrogens (tertiary/aromatic N) is 3. The first-order valence-electron chi connectivity index (χ1n) is 11.6. The van der Waals surface area contributed by atoms with Gasteiger partial charge < -0.3 is 14.2 Å². The summed E-state index contributed by atoms with van der Waals surface area (Å²) in [6, 6.07) is 24.5. The van der Waals surface area contributed by atoms with Crippen LogP contribution in [0.2, 0.25) is 0 Å². The molecule has 0 unspecified atom stereocenters. The van der Waals surface area contributed by atoms with Gasteiger partial charge in [0, 0.05) is 31.1 Å². The number of carbonyl (C=O) groups excluding carboxylic acids is 1. The van der Waals surface area contributed by atoms with Crippen molar-refractivity contribution in [3.8, 4) is 5.75 Å². The van der Waals surface area contributed by atoms with Crippen LogP contribution >= 0.6 is 0 Å². The average molecular weight is 440 g/mol. The number of anilines is 1. The van der Waals surface area contributed by atoms with E-state index in [0.29, 0.717) is 19.6 Å². The number of hydrogen-bond acceptors (Lipinski definition) is 3. The minimum Gasteiger partial charge on any atom is -0.494 e. The molecule has 0 radical (unpaired) electrons. The Balaban J connectivity index is 1.34. The van der Waals surface area contributed by atoms with Gasteiger partial charge in [-0.2, -0.15) is 0 Å².